The van der Waals surface area contributed by atoms with E-state index in [9.17, 15) is 9.59 Å². The molecule has 8 nitrogen and oxygen atoms in total. The standard InChI is InChI=1S/C26H20ClN5O3/c1-14-10-17(11-21(27)29-14)22-24(20-9-8-15(2)35-20)32-25-23(31-22)19(33)12-18(30-25)26(34)28-13-16-6-4-3-5-7-16/h3-12H,13H2,1-2H3,(H,28,34)(H,30,32,33). The quantitative estimate of drug-likeness (QED) is 0.344. The zero-order valence-corrected chi connectivity index (χ0v) is 19.7. The molecule has 0 fully saturated rings. The Morgan fingerprint density at radius 2 is 1.80 bits per heavy atom. The van der Waals surface area contributed by atoms with Crippen LogP contribution in [0.25, 0.3) is 33.9 Å². The van der Waals surface area contributed by atoms with E-state index in [1.807, 2.05) is 50.2 Å². The van der Waals surface area contributed by atoms with Gasteiger partial charge in [-0.1, -0.05) is 41.9 Å². The van der Waals surface area contributed by atoms with Crippen molar-refractivity contribution in [1.29, 1.82) is 0 Å². The van der Waals surface area contributed by atoms with E-state index in [0.717, 1.165) is 5.56 Å². The van der Waals surface area contributed by atoms with E-state index in [4.69, 9.17) is 16.0 Å². The molecule has 0 bridgehead atoms. The maximum atomic E-state index is 13.0. The normalized spacial score (nSPS) is 11.1. The van der Waals surface area contributed by atoms with Gasteiger partial charge in [-0.05, 0) is 43.7 Å². The van der Waals surface area contributed by atoms with Gasteiger partial charge in [-0.25, -0.2) is 15.0 Å². The molecule has 0 spiro atoms. The minimum atomic E-state index is -0.434. The van der Waals surface area contributed by atoms with Gasteiger partial charge in [0, 0.05) is 23.9 Å². The van der Waals surface area contributed by atoms with Crippen LogP contribution in [0.3, 0.4) is 0 Å². The van der Waals surface area contributed by atoms with Crippen molar-refractivity contribution in [2.45, 2.75) is 20.4 Å². The van der Waals surface area contributed by atoms with Gasteiger partial charge in [-0.15, -0.1) is 0 Å². The molecule has 0 radical (unpaired) electrons. The molecule has 0 unspecified atom stereocenters. The van der Waals surface area contributed by atoms with Crippen LogP contribution in [0.2, 0.25) is 5.15 Å². The van der Waals surface area contributed by atoms with E-state index >= 15 is 0 Å². The summed E-state index contributed by atoms with van der Waals surface area (Å²) in [5, 5.41) is 3.10. The summed E-state index contributed by atoms with van der Waals surface area (Å²) in [5.74, 6) is 0.738. The van der Waals surface area contributed by atoms with Gasteiger partial charge in [0.1, 0.15) is 28.0 Å². The molecule has 4 aromatic heterocycles. The number of nitrogens with one attached hydrogen (secondary N) is 2. The Hall–Kier alpha value is -4.30. The smallest absolute Gasteiger partial charge is 0.268 e. The van der Waals surface area contributed by atoms with Crippen LogP contribution in [0.1, 0.15) is 27.5 Å². The largest absolute Gasteiger partial charge is 0.460 e. The second kappa shape index (κ2) is 9.15. The number of hydrogen-bond acceptors (Lipinski definition) is 6. The predicted octanol–water partition coefficient (Wildman–Crippen LogP) is 4.84. The molecule has 0 aliphatic heterocycles. The Kier molecular flexibility index (Phi) is 5.88. The number of carbonyl (C=O) groups is 1. The van der Waals surface area contributed by atoms with Crippen molar-refractivity contribution in [2.75, 3.05) is 0 Å². The molecule has 9 heteroatoms. The molecule has 5 rings (SSSR count). The molecule has 1 aromatic carbocycles. The number of aromatic nitrogens is 4. The highest BCUT2D eigenvalue weighted by Crippen LogP contribution is 2.32. The summed E-state index contributed by atoms with van der Waals surface area (Å²) in [7, 11) is 0. The zero-order chi connectivity index (χ0) is 24.5. The van der Waals surface area contributed by atoms with Gasteiger partial charge >= 0.3 is 0 Å². The summed E-state index contributed by atoms with van der Waals surface area (Å²) >= 11 is 6.19. The van der Waals surface area contributed by atoms with Crippen molar-refractivity contribution in [3.05, 3.63) is 98.8 Å². The first-order valence-electron chi connectivity index (χ1n) is 10.9. The lowest BCUT2D eigenvalue weighted by molar-refractivity contribution is 0.0946. The SMILES string of the molecule is Cc1cc(-c2nc3c(=O)cc(C(=O)NCc4ccccc4)[nH]c3nc2-c2ccc(C)o2)cc(Cl)n1. The molecule has 5 aromatic rings. The maximum Gasteiger partial charge on any atom is 0.268 e. The number of fused-ring (bicyclic) bond motifs is 1. The van der Waals surface area contributed by atoms with Crippen LogP contribution in [0.15, 0.2) is 69.9 Å². The fourth-order valence-corrected chi connectivity index (χ4v) is 4.00. The number of hydrogen-bond donors (Lipinski definition) is 2. The highest BCUT2D eigenvalue weighted by Gasteiger charge is 2.20. The average molecular weight is 486 g/mol. The molecule has 35 heavy (non-hydrogen) atoms. The van der Waals surface area contributed by atoms with Crippen LogP contribution >= 0.6 is 11.6 Å². The van der Waals surface area contributed by atoms with Crippen molar-refractivity contribution < 1.29 is 9.21 Å². The minimum Gasteiger partial charge on any atom is -0.460 e. The summed E-state index contributed by atoms with van der Waals surface area (Å²) in [6.07, 6.45) is 0. The van der Waals surface area contributed by atoms with Gasteiger partial charge in [-0.2, -0.15) is 0 Å². The summed E-state index contributed by atoms with van der Waals surface area (Å²) in [6, 6.07) is 17.8. The predicted molar refractivity (Wildman–Crippen MR) is 133 cm³/mol. The first-order valence-corrected chi connectivity index (χ1v) is 11.2. The lowest BCUT2D eigenvalue weighted by Crippen LogP contribution is -2.25. The number of furan rings is 1. The monoisotopic (exact) mass is 485 g/mol. The van der Waals surface area contributed by atoms with Crippen LogP contribution in [-0.2, 0) is 6.54 Å². The lowest BCUT2D eigenvalue weighted by atomic mass is 10.1. The molecule has 174 valence electrons. The highest BCUT2D eigenvalue weighted by molar-refractivity contribution is 6.29. The number of carbonyl (C=O) groups excluding carboxylic acids is 1. The number of amides is 1. The number of H-pyrrole nitrogens is 1. The number of aryl methyl sites for hydroxylation is 2. The van der Waals surface area contributed by atoms with Crippen LogP contribution in [0.5, 0.6) is 0 Å². The van der Waals surface area contributed by atoms with Gasteiger partial charge in [0.25, 0.3) is 5.91 Å². The van der Waals surface area contributed by atoms with Crippen molar-refractivity contribution in [1.82, 2.24) is 25.3 Å². The van der Waals surface area contributed by atoms with Crippen molar-refractivity contribution in [3.63, 3.8) is 0 Å². The number of halogens is 1. The van der Waals surface area contributed by atoms with Gasteiger partial charge in [0.15, 0.2) is 16.9 Å². The molecule has 0 saturated heterocycles. The first-order chi connectivity index (χ1) is 16.9. The van der Waals surface area contributed by atoms with Crippen molar-refractivity contribution in [3.8, 4) is 22.7 Å². The van der Waals surface area contributed by atoms with Gasteiger partial charge in [-0.3, -0.25) is 9.59 Å². The topological polar surface area (TPSA) is 114 Å². The fraction of sp³-hybridized carbons (Fsp3) is 0.115. The molecule has 4 heterocycles. The summed E-state index contributed by atoms with van der Waals surface area (Å²) in [5.41, 5.74) is 3.02. The highest BCUT2D eigenvalue weighted by atomic mass is 35.5. The number of nitrogens with zero attached hydrogens (tertiary/aromatic N) is 3. The third-order valence-corrected chi connectivity index (χ3v) is 5.56. The third kappa shape index (κ3) is 4.69. The first kappa shape index (κ1) is 22.5. The van der Waals surface area contributed by atoms with Crippen LogP contribution < -0.4 is 10.7 Å². The molecule has 1 amide bonds. The molecular formula is C26H20ClN5O3. The Morgan fingerprint density at radius 3 is 2.51 bits per heavy atom. The van der Waals surface area contributed by atoms with Crippen LogP contribution in [0.4, 0.5) is 0 Å². The Bertz CT molecular complexity index is 1610. The Labute approximate surface area is 205 Å². The molecule has 0 atom stereocenters. The Morgan fingerprint density at radius 1 is 1.00 bits per heavy atom. The number of benzene rings is 1. The zero-order valence-electron chi connectivity index (χ0n) is 18.9. The second-order valence-corrected chi connectivity index (χ2v) is 8.45. The van der Waals surface area contributed by atoms with Crippen molar-refractivity contribution in [2.24, 2.45) is 0 Å². The van der Waals surface area contributed by atoms with Gasteiger partial charge in [0.2, 0.25) is 5.43 Å². The number of pyridine rings is 2. The van der Waals surface area contributed by atoms with E-state index in [-0.39, 0.29) is 16.9 Å². The van der Waals surface area contributed by atoms with E-state index in [0.29, 0.717) is 45.9 Å². The number of aromatic amines is 1. The van der Waals surface area contributed by atoms with Crippen molar-refractivity contribution >= 4 is 28.7 Å². The third-order valence-electron chi connectivity index (χ3n) is 5.37. The second-order valence-electron chi connectivity index (χ2n) is 8.06. The van der Waals surface area contributed by atoms with Crippen LogP contribution in [-0.4, -0.2) is 25.8 Å². The summed E-state index contributed by atoms with van der Waals surface area (Å²) in [6.45, 7) is 3.96. The van der Waals surface area contributed by atoms with E-state index in [1.54, 1.807) is 18.2 Å². The van der Waals surface area contributed by atoms with E-state index in [1.165, 1.54) is 6.07 Å². The van der Waals surface area contributed by atoms with Gasteiger partial charge < -0.3 is 14.7 Å². The molecular weight excluding hydrogens is 466 g/mol. The lowest BCUT2D eigenvalue weighted by Gasteiger charge is -2.11. The minimum absolute atomic E-state index is 0.0878. The van der Waals surface area contributed by atoms with E-state index in [2.05, 4.69) is 25.3 Å². The maximum absolute atomic E-state index is 13.0. The molecule has 0 saturated carbocycles. The molecule has 0 aliphatic carbocycles. The van der Waals surface area contributed by atoms with Gasteiger partial charge in [0.05, 0.1) is 0 Å². The summed E-state index contributed by atoms with van der Waals surface area (Å²) in [4.78, 5) is 42.2. The van der Waals surface area contributed by atoms with E-state index < -0.39 is 11.3 Å². The Balaban J connectivity index is 1.62. The number of rotatable bonds is 5. The molecule has 2 N–H and O–H groups in total. The van der Waals surface area contributed by atoms with Crippen LogP contribution in [0, 0.1) is 13.8 Å². The summed E-state index contributed by atoms with van der Waals surface area (Å²) < 4.78 is 5.81. The fourth-order valence-electron chi connectivity index (χ4n) is 3.75. The average Bonchev–Trinajstić information content (AvgIpc) is 3.28. The molecule has 0 aliphatic rings.